The highest BCUT2D eigenvalue weighted by molar-refractivity contribution is 5.89. The highest BCUT2D eigenvalue weighted by atomic mass is 16.5. The first-order valence-electron chi connectivity index (χ1n) is 7.04. The second-order valence-corrected chi connectivity index (χ2v) is 4.69. The number of carbonyl (C=O) groups is 1. The number of carbonyl (C=O) groups excluding carboxylic acids is 1. The molecule has 4 heteroatoms. The van der Waals surface area contributed by atoms with Gasteiger partial charge in [0.15, 0.2) is 0 Å². The Bertz CT molecular complexity index is 567. The smallest absolute Gasteiger partial charge is 0.319 e. The van der Waals surface area contributed by atoms with Crippen LogP contribution in [0.3, 0.4) is 0 Å². The Balaban J connectivity index is 1.91. The Kier molecular flexibility index (Phi) is 5.21. The van der Waals surface area contributed by atoms with Gasteiger partial charge in [-0.15, -0.1) is 0 Å². The molecular weight excluding hydrogens is 264 g/mol. The minimum absolute atomic E-state index is 0.0793. The molecule has 0 aliphatic carbocycles. The largest absolute Gasteiger partial charge is 0.494 e. The molecule has 2 rings (SSSR count). The predicted octanol–water partition coefficient (Wildman–Crippen LogP) is 3.97. The van der Waals surface area contributed by atoms with Crippen molar-refractivity contribution in [3.8, 4) is 5.75 Å². The summed E-state index contributed by atoms with van der Waals surface area (Å²) in [6.45, 7) is 4.54. The lowest BCUT2D eigenvalue weighted by Gasteiger charge is -2.15. The van der Waals surface area contributed by atoms with E-state index in [2.05, 4.69) is 10.6 Å². The van der Waals surface area contributed by atoms with Gasteiger partial charge in [-0.25, -0.2) is 4.79 Å². The Hall–Kier alpha value is -2.49. The van der Waals surface area contributed by atoms with Crippen molar-refractivity contribution < 1.29 is 9.53 Å². The van der Waals surface area contributed by atoms with Crippen molar-refractivity contribution >= 4 is 11.7 Å². The molecule has 1 atom stereocenters. The third-order valence-corrected chi connectivity index (χ3v) is 3.07. The third kappa shape index (κ3) is 4.53. The fourth-order valence-corrected chi connectivity index (χ4v) is 1.99. The van der Waals surface area contributed by atoms with Gasteiger partial charge in [-0.05, 0) is 43.7 Å². The van der Waals surface area contributed by atoms with Crippen molar-refractivity contribution in [3.05, 3.63) is 60.2 Å². The van der Waals surface area contributed by atoms with E-state index >= 15 is 0 Å². The summed E-state index contributed by atoms with van der Waals surface area (Å²) < 4.78 is 5.40. The van der Waals surface area contributed by atoms with Gasteiger partial charge in [-0.2, -0.15) is 0 Å². The molecule has 0 spiro atoms. The first-order valence-corrected chi connectivity index (χ1v) is 7.04. The summed E-state index contributed by atoms with van der Waals surface area (Å²) in [4.78, 5) is 11.9. The van der Waals surface area contributed by atoms with Gasteiger partial charge in [0.25, 0.3) is 0 Å². The Labute approximate surface area is 125 Å². The number of hydrogen-bond acceptors (Lipinski definition) is 2. The number of benzene rings is 2. The maximum atomic E-state index is 11.9. The quantitative estimate of drug-likeness (QED) is 0.873. The van der Waals surface area contributed by atoms with E-state index in [4.69, 9.17) is 4.74 Å². The summed E-state index contributed by atoms with van der Waals surface area (Å²) >= 11 is 0. The summed E-state index contributed by atoms with van der Waals surface area (Å²) in [7, 11) is 0. The predicted molar refractivity (Wildman–Crippen MR) is 84.6 cm³/mol. The Morgan fingerprint density at radius 2 is 1.76 bits per heavy atom. The number of urea groups is 1. The van der Waals surface area contributed by atoms with Gasteiger partial charge in [0.1, 0.15) is 5.75 Å². The van der Waals surface area contributed by atoms with E-state index in [-0.39, 0.29) is 12.1 Å². The van der Waals surface area contributed by atoms with Crippen molar-refractivity contribution in [1.82, 2.24) is 5.32 Å². The van der Waals surface area contributed by atoms with Crippen LogP contribution < -0.4 is 15.4 Å². The van der Waals surface area contributed by atoms with E-state index in [9.17, 15) is 4.79 Å². The highest BCUT2D eigenvalue weighted by Gasteiger charge is 2.09. The van der Waals surface area contributed by atoms with E-state index in [1.165, 1.54) is 0 Å². The van der Waals surface area contributed by atoms with Gasteiger partial charge < -0.3 is 15.4 Å². The normalized spacial score (nSPS) is 11.5. The van der Waals surface area contributed by atoms with Gasteiger partial charge in [0.2, 0.25) is 0 Å². The van der Waals surface area contributed by atoms with Gasteiger partial charge >= 0.3 is 6.03 Å². The number of rotatable bonds is 5. The van der Waals surface area contributed by atoms with Crippen LogP contribution in [0, 0.1) is 0 Å². The summed E-state index contributed by atoms with van der Waals surface area (Å²) in [5.41, 5.74) is 1.80. The molecule has 0 aliphatic heterocycles. The average molecular weight is 284 g/mol. The molecule has 2 amide bonds. The molecule has 0 radical (unpaired) electrons. The molecule has 2 N–H and O–H groups in total. The summed E-state index contributed by atoms with van der Waals surface area (Å²) in [5.74, 6) is 0.835. The van der Waals surface area contributed by atoms with Gasteiger partial charge in [0, 0.05) is 5.69 Å². The van der Waals surface area contributed by atoms with Crippen molar-refractivity contribution in [2.24, 2.45) is 0 Å². The zero-order valence-corrected chi connectivity index (χ0v) is 12.3. The van der Waals surface area contributed by atoms with Crippen LogP contribution >= 0.6 is 0 Å². The first-order chi connectivity index (χ1) is 10.2. The summed E-state index contributed by atoms with van der Waals surface area (Å²) in [5, 5.41) is 5.70. The molecule has 2 aromatic carbocycles. The van der Waals surface area contributed by atoms with Gasteiger partial charge in [-0.3, -0.25) is 0 Å². The average Bonchev–Trinajstić information content (AvgIpc) is 2.49. The number of para-hydroxylation sites is 1. The van der Waals surface area contributed by atoms with E-state index < -0.39 is 0 Å². The lowest BCUT2D eigenvalue weighted by Crippen LogP contribution is -2.31. The molecule has 0 fully saturated rings. The van der Waals surface area contributed by atoms with Gasteiger partial charge in [0.05, 0.1) is 12.6 Å². The zero-order valence-electron chi connectivity index (χ0n) is 12.3. The van der Waals surface area contributed by atoms with Crippen LogP contribution in [0.15, 0.2) is 54.6 Å². The molecule has 4 nitrogen and oxygen atoms in total. The van der Waals surface area contributed by atoms with Crippen LogP contribution in [-0.2, 0) is 0 Å². The number of anilines is 1. The van der Waals surface area contributed by atoms with Crippen molar-refractivity contribution in [2.45, 2.75) is 19.9 Å². The number of amides is 2. The second kappa shape index (κ2) is 7.33. The molecule has 21 heavy (non-hydrogen) atoms. The van der Waals surface area contributed by atoms with Crippen LogP contribution in [0.5, 0.6) is 5.75 Å². The van der Waals surface area contributed by atoms with Crippen LogP contribution in [0.1, 0.15) is 25.5 Å². The number of nitrogens with one attached hydrogen (secondary N) is 2. The van der Waals surface area contributed by atoms with Crippen molar-refractivity contribution in [2.75, 3.05) is 11.9 Å². The second-order valence-electron chi connectivity index (χ2n) is 4.69. The molecule has 1 unspecified atom stereocenters. The molecule has 0 bridgehead atoms. The Morgan fingerprint density at radius 1 is 1.10 bits per heavy atom. The maximum absolute atomic E-state index is 11.9. The van der Waals surface area contributed by atoms with Crippen LogP contribution in [0.2, 0.25) is 0 Å². The molecule has 110 valence electrons. The first kappa shape index (κ1) is 14.9. The SMILES string of the molecule is CCOc1ccc(C(C)NC(=O)Nc2ccccc2)cc1. The summed E-state index contributed by atoms with van der Waals surface area (Å²) in [6.07, 6.45) is 0. The standard InChI is InChI=1S/C17H20N2O2/c1-3-21-16-11-9-14(10-12-16)13(2)18-17(20)19-15-7-5-4-6-8-15/h4-13H,3H2,1-2H3,(H2,18,19,20). The minimum Gasteiger partial charge on any atom is -0.494 e. The molecule has 0 aromatic heterocycles. The van der Waals surface area contributed by atoms with Crippen molar-refractivity contribution in [1.29, 1.82) is 0 Å². The Morgan fingerprint density at radius 3 is 2.38 bits per heavy atom. The summed E-state index contributed by atoms with van der Waals surface area (Å²) in [6, 6.07) is 16.8. The van der Waals surface area contributed by atoms with Crippen LogP contribution in [0.4, 0.5) is 10.5 Å². The third-order valence-electron chi connectivity index (χ3n) is 3.07. The molecule has 0 heterocycles. The van der Waals surface area contributed by atoms with E-state index in [1.54, 1.807) is 0 Å². The topological polar surface area (TPSA) is 50.4 Å². The van der Waals surface area contributed by atoms with Crippen LogP contribution in [0.25, 0.3) is 0 Å². The monoisotopic (exact) mass is 284 g/mol. The number of hydrogen-bond donors (Lipinski definition) is 2. The zero-order chi connectivity index (χ0) is 15.1. The van der Waals surface area contributed by atoms with Gasteiger partial charge in [-0.1, -0.05) is 30.3 Å². The number of ether oxygens (including phenoxy) is 1. The molecule has 0 saturated heterocycles. The lowest BCUT2D eigenvalue weighted by molar-refractivity contribution is 0.249. The van der Waals surface area contributed by atoms with E-state index in [1.807, 2.05) is 68.4 Å². The fourth-order valence-electron chi connectivity index (χ4n) is 1.99. The minimum atomic E-state index is -0.220. The lowest BCUT2D eigenvalue weighted by atomic mass is 10.1. The van der Waals surface area contributed by atoms with Crippen LogP contribution in [-0.4, -0.2) is 12.6 Å². The molecule has 0 aliphatic rings. The molecule has 0 saturated carbocycles. The maximum Gasteiger partial charge on any atom is 0.319 e. The van der Waals surface area contributed by atoms with E-state index in [0.717, 1.165) is 17.0 Å². The molecular formula is C17H20N2O2. The molecule has 2 aromatic rings. The van der Waals surface area contributed by atoms with Crippen molar-refractivity contribution in [3.63, 3.8) is 0 Å². The van der Waals surface area contributed by atoms with E-state index in [0.29, 0.717) is 6.61 Å². The fraction of sp³-hybridized carbons (Fsp3) is 0.235. The highest BCUT2D eigenvalue weighted by Crippen LogP contribution is 2.17.